The quantitative estimate of drug-likeness (QED) is 0.777. The molecular weight excluding hydrogens is 342 g/mol. The molecule has 1 aliphatic carbocycles. The summed E-state index contributed by atoms with van der Waals surface area (Å²) in [4.78, 5) is 12.0. The Morgan fingerprint density at radius 3 is 2.36 bits per heavy atom. The summed E-state index contributed by atoms with van der Waals surface area (Å²) < 4.78 is 34.6. The zero-order valence-corrected chi connectivity index (χ0v) is 16.1. The summed E-state index contributed by atoms with van der Waals surface area (Å²) in [5, 5.41) is 2.84. The first kappa shape index (κ1) is 19.7. The molecule has 25 heavy (non-hydrogen) atoms. The molecule has 0 aromatic heterocycles. The Morgan fingerprint density at radius 2 is 1.84 bits per heavy atom. The maximum atomic E-state index is 12.1. The Bertz CT molecular complexity index is 691. The second-order valence-electron chi connectivity index (χ2n) is 7.47. The van der Waals surface area contributed by atoms with E-state index in [1.165, 1.54) is 0 Å². The lowest BCUT2D eigenvalue weighted by Gasteiger charge is -2.37. The highest BCUT2D eigenvalue weighted by Gasteiger charge is 2.33. The van der Waals surface area contributed by atoms with Crippen molar-refractivity contribution < 1.29 is 22.1 Å². The van der Waals surface area contributed by atoms with Gasteiger partial charge in [-0.05, 0) is 65.0 Å². The zero-order chi connectivity index (χ0) is 18.7. The van der Waals surface area contributed by atoms with Crippen LogP contribution in [0.1, 0.15) is 45.6 Å². The zero-order valence-electron chi connectivity index (χ0n) is 15.2. The number of carbonyl (C=O) groups is 1. The van der Waals surface area contributed by atoms with E-state index in [0.29, 0.717) is 6.42 Å². The normalized spacial score (nSPS) is 20.6. The SMILES string of the molecule is Cc1ccc(S(=O)(=O)OCC[C@H]2CC[C@@H]2NC(=O)OC(C)(C)C)cc1. The van der Waals surface area contributed by atoms with E-state index in [4.69, 9.17) is 8.92 Å². The van der Waals surface area contributed by atoms with E-state index in [2.05, 4.69) is 5.32 Å². The summed E-state index contributed by atoms with van der Waals surface area (Å²) in [6.45, 7) is 7.44. The Hall–Kier alpha value is -1.60. The van der Waals surface area contributed by atoms with Gasteiger partial charge in [-0.1, -0.05) is 17.7 Å². The third-order valence-electron chi connectivity index (χ3n) is 4.16. The number of aryl methyl sites for hydroxylation is 1. The van der Waals surface area contributed by atoms with Crippen LogP contribution in [0.3, 0.4) is 0 Å². The number of benzene rings is 1. The number of ether oxygens (including phenoxy) is 1. The molecule has 0 radical (unpaired) electrons. The van der Waals surface area contributed by atoms with Crippen LogP contribution in [0.15, 0.2) is 29.2 Å². The molecule has 6 nitrogen and oxygen atoms in total. The third-order valence-corrected chi connectivity index (χ3v) is 5.48. The van der Waals surface area contributed by atoms with Gasteiger partial charge in [0.05, 0.1) is 11.5 Å². The van der Waals surface area contributed by atoms with Crippen molar-refractivity contribution >= 4 is 16.2 Å². The second kappa shape index (κ2) is 7.74. The molecule has 0 bridgehead atoms. The van der Waals surface area contributed by atoms with Crippen molar-refractivity contribution in [1.29, 1.82) is 0 Å². The van der Waals surface area contributed by atoms with Crippen molar-refractivity contribution in [1.82, 2.24) is 5.32 Å². The van der Waals surface area contributed by atoms with Crippen LogP contribution in [0.4, 0.5) is 4.79 Å². The van der Waals surface area contributed by atoms with Gasteiger partial charge in [-0.15, -0.1) is 0 Å². The Labute approximate surface area is 150 Å². The molecule has 1 saturated carbocycles. The lowest BCUT2D eigenvalue weighted by atomic mass is 9.78. The number of hydrogen-bond acceptors (Lipinski definition) is 5. The molecule has 1 amide bonds. The molecule has 1 fully saturated rings. The number of carbonyl (C=O) groups excluding carboxylic acids is 1. The van der Waals surface area contributed by atoms with Crippen LogP contribution in [-0.2, 0) is 19.0 Å². The minimum atomic E-state index is -3.73. The minimum Gasteiger partial charge on any atom is -0.444 e. The first-order valence-corrected chi connectivity index (χ1v) is 9.93. The number of amides is 1. The fraction of sp³-hybridized carbons (Fsp3) is 0.611. The predicted molar refractivity (Wildman–Crippen MR) is 94.8 cm³/mol. The smallest absolute Gasteiger partial charge is 0.407 e. The molecule has 2 rings (SSSR count). The first-order chi connectivity index (χ1) is 11.6. The van der Waals surface area contributed by atoms with E-state index in [1.807, 2.05) is 27.7 Å². The molecule has 0 spiro atoms. The molecule has 1 aromatic carbocycles. The highest BCUT2D eigenvalue weighted by atomic mass is 32.2. The van der Waals surface area contributed by atoms with E-state index in [1.54, 1.807) is 24.3 Å². The van der Waals surface area contributed by atoms with E-state index in [9.17, 15) is 13.2 Å². The molecule has 1 aliphatic rings. The minimum absolute atomic E-state index is 0.0144. The summed E-state index contributed by atoms with van der Waals surface area (Å²) in [6.07, 6.45) is 1.95. The first-order valence-electron chi connectivity index (χ1n) is 8.52. The van der Waals surface area contributed by atoms with Crippen molar-refractivity contribution in [3.63, 3.8) is 0 Å². The fourth-order valence-electron chi connectivity index (χ4n) is 2.65. The monoisotopic (exact) mass is 369 g/mol. The topological polar surface area (TPSA) is 81.7 Å². The van der Waals surface area contributed by atoms with Crippen molar-refractivity contribution in [3.8, 4) is 0 Å². The van der Waals surface area contributed by atoms with Gasteiger partial charge in [0.1, 0.15) is 5.60 Å². The van der Waals surface area contributed by atoms with Crippen LogP contribution in [0.2, 0.25) is 0 Å². The van der Waals surface area contributed by atoms with Crippen LogP contribution in [0.25, 0.3) is 0 Å². The van der Waals surface area contributed by atoms with Crippen LogP contribution in [0, 0.1) is 12.8 Å². The molecule has 1 N–H and O–H groups in total. The number of hydrogen-bond donors (Lipinski definition) is 1. The van der Waals surface area contributed by atoms with Gasteiger partial charge in [0, 0.05) is 6.04 Å². The van der Waals surface area contributed by atoms with E-state index < -0.39 is 21.8 Å². The van der Waals surface area contributed by atoms with Crippen LogP contribution in [0.5, 0.6) is 0 Å². The highest BCUT2D eigenvalue weighted by molar-refractivity contribution is 7.86. The second-order valence-corrected chi connectivity index (χ2v) is 9.08. The molecule has 0 saturated heterocycles. The standard InChI is InChI=1S/C18H27NO5S/c1-13-5-8-15(9-6-13)25(21,22)23-12-11-14-7-10-16(14)19-17(20)24-18(2,3)4/h5-6,8-9,14,16H,7,10-12H2,1-4H3,(H,19,20)/t14-,16+/m1/s1. The average molecular weight is 369 g/mol. The number of alkyl carbamates (subject to hydrolysis) is 1. The van der Waals surface area contributed by atoms with Gasteiger partial charge in [-0.3, -0.25) is 4.18 Å². The van der Waals surface area contributed by atoms with Gasteiger partial charge in [0.2, 0.25) is 0 Å². The summed E-state index contributed by atoms with van der Waals surface area (Å²) >= 11 is 0. The lowest BCUT2D eigenvalue weighted by molar-refractivity contribution is 0.0422. The number of nitrogens with one attached hydrogen (secondary N) is 1. The van der Waals surface area contributed by atoms with Gasteiger partial charge in [-0.2, -0.15) is 8.42 Å². The van der Waals surface area contributed by atoms with Crippen molar-refractivity contribution in [3.05, 3.63) is 29.8 Å². The molecule has 0 heterocycles. The third kappa shape index (κ3) is 6.01. The maximum Gasteiger partial charge on any atom is 0.407 e. The van der Waals surface area contributed by atoms with Gasteiger partial charge in [0.25, 0.3) is 10.1 Å². The van der Waals surface area contributed by atoms with Crippen molar-refractivity contribution in [2.75, 3.05) is 6.61 Å². The summed E-state index contributed by atoms with van der Waals surface area (Å²) in [6, 6.07) is 6.58. The van der Waals surface area contributed by atoms with Crippen molar-refractivity contribution in [2.24, 2.45) is 5.92 Å². The summed E-state index contributed by atoms with van der Waals surface area (Å²) in [5.41, 5.74) is 0.457. The van der Waals surface area contributed by atoms with Crippen LogP contribution < -0.4 is 5.32 Å². The van der Waals surface area contributed by atoms with Crippen LogP contribution in [-0.4, -0.2) is 32.8 Å². The Morgan fingerprint density at radius 1 is 1.20 bits per heavy atom. The summed E-state index contributed by atoms with van der Waals surface area (Å²) in [7, 11) is -3.73. The molecule has 2 atom stereocenters. The Balaban J connectivity index is 1.78. The largest absolute Gasteiger partial charge is 0.444 e. The summed E-state index contributed by atoms with van der Waals surface area (Å²) in [5.74, 6) is 0.209. The van der Waals surface area contributed by atoms with Gasteiger partial charge in [-0.25, -0.2) is 4.79 Å². The van der Waals surface area contributed by atoms with Crippen LogP contribution >= 0.6 is 0 Å². The molecular formula is C18H27NO5S. The van der Waals surface area contributed by atoms with E-state index in [0.717, 1.165) is 18.4 Å². The molecule has 0 aliphatic heterocycles. The van der Waals surface area contributed by atoms with Crippen molar-refractivity contribution in [2.45, 2.75) is 63.5 Å². The highest BCUT2D eigenvalue weighted by Crippen LogP contribution is 2.31. The average Bonchev–Trinajstić information content (AvgIpc) is 2.47. The van der Waals surface area contributed by atoms with E-state index in [-0.39, 0.29) is 23.5 Å². The number of rotatable bonds is 6. The molecule has 1 aromatic rings. The molecule has 7 heteroatoms. The van der Waals surface area contributed by atoms with Gasteiger partial charge >= 0.3 is 6.09 Å². The molecule has 140 valence electrons. The van der Waals surface area contributed by atoms with Gasteiger partial charge in [0.15, 0.2) is 0 Å². The molecule has 0 unspecified atom stereocenters. The predicted octanol–water partition coefficient (Wildman–Crippen LogP) is 3.39. The maximum absolute atomic E-state index is 12.1. The van der Waals surface area contributed by atoms with E-state index >= 15 is 0 Å². The van der Waals surface area contributed by atoms with Gasteiger partial charge < -0.3 is 10.1 Å². The Kier molecular flexibility index (Phi) is 6.11. The fourth-order valence-corrected chi connectivity index (χ4v) is 3.57. The lowest BCUT2D eigenvalue weighted by Crippen LogP contribution is -2.48.